The van der Waals surface area contributed by atoms with Gasteiger partial charge in [-0.1, -0.05) is 20.3 Å². The van der Waals surface area contributed by atoms with Crippen molar-refractivity contribution in [3.05, 3.63) is 0 Å². The molecule has 0 bridgehead atoms. The summed E-state index contributed by atoms with van der Waals surface area (Å²) >= 11 is 0. The average molecular weight is 186 g/mol. The summed E-state index contributed by atoms with van der Waals surface area (Å²) in [5.41, 5.74) is 0.308. The Balaban J connectivity index is 3.29. The monoisotopic (exact) mass is 186 g/mol. The summed E-state index contributed by atoms with van der Waals surface area (Å²) in [6, 6.07) is 0. The third-order valence-corrected chi connectivity index (χ3v) is 2.21. The van der Waals surface area contributed by atoms with Crippen molar-refractivity contribution in [1.29, 1.82) is 0 Å². The topological polar surface area (TPSA) is 24.1 Å². The predicted octanol–water partition coefficient (Wildman–Crippen LogP) is 2.15. The molecule has 2 nitrogen and oxygen atoms in total. The van der Waals surface area contributed by atoms with E-state index in [1.54, 1.807) is 0 Å². The van der Waals surface area contributed by atoms with Crippen LogP contribution >= 0.6 is 0 Å². The maximum Gasteiger partial charge on any atom is 0.0125 e. The average Bonchev–Trinajstić information content (AvgIpc) is 2.04. The van der Waals surface area contributed by atoms with Gasteiger partial charge in [-0.15, -0.1) is 0 Å². The van der Waals surface area contributed by atoms with Gasteiger partial charge in [0.15, 0.2) is 0 Å². The fraction of sp³-hybridized carbons (Fsp3) is 1.00. The van der Waals surface area contributed by atoms with Crippen LogP contribution in [-0.4, -0.2) is 25.2 Å². The lowest BCUT2D eigenvalue weighted by Crippen LogP contribution is -2.42. The van der Waals surface area contributed by atoms with E-state index in [2.05, 4.69) is 38.3 Å². The van der Waals surface area contributed by atoms with E-state index in [0.29, 0.717) is 5.54 Å². The van der Waals surface area contributed by atoms with E-state index in [0.717, 1.165) is 19.6 Å². The lowest BCUT2D eigenvalue weighted by atomic mass is 9.99. The second-order valence-corrected chi connectivity index (χ2v) is 4.31. The second-order valence-electron chi connectivity index (χ2n) is 4.31. The van der Waals surface area contributed by atoms with Gasteiger partial charge >= 0.3 is 0 Å². The van der Waals surface area contributed by atoms with Gasteiger partial charge < -0.3 is 10.6 Å². The van der Waals surface area contributed by atoms with Crippen LogP contribution in [0.3, 0.4) is 0 Å². The molecule has 0 fully saturated rings. The van der Waals surface area contributed by atoms with Gasteiger partial charge in [0.05, 0.1) is 0 Å². The Morgan fingerprint density at radius 2 is 1.62 bits per heavy atom. The van der Waals surface area contributed by atoms with Gasteiger partial charge in [0.25, 0.3) is 0 Å². The summed E-state index contributed by atoms with van der Waals surface area (Å²) < 4.78 is 0. The van der Waals surface area contributed by atoms with E-state index in [-0.39, 0.29) is 0 Å². The first-order valence-corrected chi connectivity index (χ1v) is 5.58. The number of rotatable bonds is 8. The quantitative estimate of drug-likeness (QED) is 0.568. The molecule has 80 valence electrons. The van der Waals surface area contributed by atoms with Crippen LogP contribution in [0.5, 0.6) is 0 Å². The highest BCUT2D eigenvalue weighted by atomic mass is 15.0. The molecule has 0 aliphatic carbocycles. The zero-order chi connectivity index (χ0) is 10.2. The molecule has 0 aromatic carbocycles. The minimum absolute atomic E-state index is 0.308. The molecule has 0 saturated heterocycles. The zero-order valence-electron chi connectivity index (χ0n) is 9.74. The lowest BCUT2D eigenvalue weighted by molar-refractivity contribution is 0.358. The van der Waals surface area contributed by atoms with Crippen LogP contribution in [0.4, 0.5) is 0 Å². The van der Waals surface area contributed by atoms with Crippen molar-refractivity contribution in [3.63, 3.8) is 0 Å². The molecular formula is C11H26N2. The van der Waals surface area contributed by atoms with Gasteiger partial charge in [-0.05, 0) is 33.2 Å². The van der Waals surface area contributed by atoms with Crippen LogP contribution < -0.4 is 10.6 Å². The first-order valence-electron chi connectivity index (χ1n) is 5.58. The van der Waals surface area contributed by atoms with E-state index < -0.39 is 0 Å². The third kappa shape index (κ3) is 8.26. The van der Waals surface area contributed by atoms with Gasteiger partial charge in [0, 0.05) is 18.6 Å². The molecule has 0 radical (unpaired) electrons. The molecule has 0 heterocycles. The molecule has 0 amide bonds. The molecule has 0 aliphatic rings. The van der Waals surface area contributed by atoms with Crippen LogP contribution in [-0.2, 0) is 0 Å². The Bertz CT molecular complexity index is 111. The molecule has 0 spiro atoms. The summed E-state index contributed by atoms with van der Waals surface area (Å²) in [6.07, 6.45) is 3.72. The van der Waals surface area contributed by atoms with E-state index in [4.69, 9.17) is 0 Å². The van der Waals surface area contributed by atoms with Crippen molar-refractivity contribution in [2.24, 2.45) is 0 Å². The minimum Gasteiger partial charge on any atom is -0.315 e. The first-order chi connectivity index (χ1) is 6.12. The molecular weight excluding hydrogens is 160 g/mol. The zero-order valence-corrected chi connectivity index (χ0v) is 9.74. The molecule has 0 unspecified atom stereocenters. The SMILES string of the molecule is CCCNCCNC(C)(C)CCC. The Morgan fingerprint density at radius 1 is 0.923 bits per heavy atom. The van der Waals surface area contributed by atoms with E-state index in [1.165, 1.54) is 19.3 Å². The predicted molar refractivity (Wildman–Crippen MR) is 60.2 cm³/mol. The van der Waals surface area contributed by atoms with Crippen LogP contribution in [0, 0.1) is 0 Å². The van der Waals surface area contributed by atoms with E-state index in [1.807, 2.05) is 0 Å². The summed E-state index contributed by atoms with van der Waals surface area (Å²) in [7, 11) is 0. The van der Waals surface area contributed by atoms with Gasteiger partial charge in [0.2, 0.25) is 0 Å². The molecule has 13 heavy (non-hydrogen) atoms. The highest BCUT2D eigenvalue weighted by Crippen LogP contribution is 2.09. The van der Waals surface area contributed by atoms with Gasteiger partial charge in [-0.25, -0.2) is 0 Å². The Labute approximate surface area is 83.5 Å². The first kappa shape index (κ1) is 12.9. The molecule has 0 aliphatic heterocycles. The maximum absolute atomic E-state index is 3.56. The molecule has 0 saturated carbocycles. The standard InChI is InChI=1S/C11H26N2/c1-5-7-11(3,4)13-10-9-12-8-6-2/h12-13H,5-10H2,1-4H3. The van der Waals surface area contributed by atoms with Crippen molar-refractivity contribution in [3.8, 4) is 0 Å². The van der Waals surface area contributed by atoms with Crippen molar-refractivity contribution in [1.82, 2.24) is 10.6 Å². The van der Waals surface area contributed by atoms with E-state index in [9.17, 15) is 0 Å². The highest BCUT2D eigenvalue weighted by Gasteiger charge is 2.13. The van der Waals surface area contributed by atoms with Crippen molar-refractivity contribution in [2.45, 2.75) is 52.5 Å². The van der Waals surface area contributed by atoms with Gasteiger partial charge in [-0.2, -0.15) is 0 Å². The number of hydrogen-bond acceptors (Lipinski definition) is 2. The summed E-state index contributed by atoms with van der Waals surface area (Å²) in [6.45, 7) is 12.3. The molecule has 2 N–H and O–H groups in total. The maximum atomic E-state index is 3.56. The van der Waals surface area contributed by atoms with Gasteiger partial charge in [0.1, 0.15) is 0 Å². The number of nitrogens with one attached hydrogen (secondary N) is 2. The van der Waals surface area contributed by atoms with Crippen LogP contribution in [0.1, 0.15) is 47.0 Å². The lowest BCUT2D eigenvalue weighted by Gasteiger charge is -2.25. The Kier molecular flexibility index (Phi) is 7.29. The fourth-order valence-electron chi connectivity index (χ4n) is 1.50. The summed E-state index contributed by atoms with van der Waals surface area (Å²) in [5.74, 6) is 0. The van der Waals surface area contributed by atoms with Crippen LogP contribution in [0.15, 0.2) is 0 Å². The van der Waals surface area contributed by atoms with Crippen LogP contribution in [0.25, 0.3) is 0 Å². The minimum atomic E-state index is 0.308. The second kappa shape index (κ2) is 7.34. The van der Waals surface area contributed by atoms with Crippen molar-refractivity contribution >= 4 is 0 Å². The van der Waals surface area contributed by atoms with Crippen molar-refractivity contribution < 1.29 is 0 Å². The number of hydrogen-bond donors (Lipinski definition) is 2. The third-order valence-electron chi connectivity index (χ3n) is 2.21. The smallest absolute Gasteiger partial charge is 0.0125 e. The molecule has 0 atom stereocenters. The molecule has 0 rings (SSSR count). The van der Waals surface area contributed by atoms with Crippen LogP contribution in [0.2, 0.25) is 0 Å². The fourth-order valence-corrected chi connectivity index (χ4v) is 1.50. The van der Waals surface area contributed by atoms with E-state index >= 15 is 0 Å². The molecule has 0 aromatic rings. The summed E-state index contributed by atoms with van der Waals surface area (Å²) in [4.78, 5) is 0. The molecule has 0 aromatic heterocycles. The Morgan fingerprint density at radius 3 is 2.15 bits per heavy atom. The van der Waals surface area contributed by atoms with Gasteiger partial charge in [-0.3, -0.25) is 0 Å². The Hall–Kier alpha value is -0.0800. The normalized spacial score (nSPS) is 12.0. The molecule has 2 heteroatoms. The largest absolute Gasteiger partial charge is 0.315 e. The summed E-state index contributed by atoms with van der Waals surface area (Å²) in [5, 5.41) is 6.94. The highest BCUT2D eigenvalue weighted by molar-refractivity contribution is 4.76. The van der Waals surface area contributed by atoms with Crippen molar-refractivity contribution in [2.75, 3.05) is 19.6 Å².